The van der Waals surface area contributed by atoms with Crippen molar-refractivity contribution in [2.24, 2.45) is 17.6 Å². The van der Waals surface area contributed by atoms with E-state index in [2.05, 4.69) is 0 Å². The number of Topliss-reactive ketones (excluding diaryl/α,β-unsaturated/α-hetero) is 1. The van der Waals surface area contributed by atoms with Gasteiger partial charge in [-0.15, -0.1) is 0 Å². The predicted octanol–water partition coefficient (Wildman–Crippen LogP) is 3.92. The Morgan fingerprint density at radius 2 is 1.48 bits per heavy atom. The van der Waals surface area contributed by atoms with Gasteiger partial charge in [-0.2, -0.15) is 0 Å². The van der Waals surface area contributed by atoms with Crippen LogP contribution in [0.1, 0.15) is 37.8 Å². The molecular formula is C23H29NO3. The van der Waals surface area contributed by atoms with Crippen molar-refractivity contribution in [1.82, 2.24) is 0 Å². The molecule has 2 atom stereocenters. The Morgan fingerprint density at radius 1 is 0.926 bits per heavy atom. The molecule has 0 aliphatic heterocycles. The molecule has 2 rings (SSSR count). The van der Waals surface area contributed by atoms with E-state index in [1.165, 1.54) is 0 Å². The average Bonchev–Trinajstić information content (AvgIpc) is 2.66. The highest BCUT2D eigenvalue weighted by molar-refractivity contribution is 5.88. The zero-order valence-electron chi connectivity index (χ0n) is 16.1. The van der Waals surface area contributed by atoms with Gasteiger partial charge in [-0.25, -0.2) is 0 Å². The molecule has 0 aliphatic rings. The SMILES string of the molecule is CC(C)C[C@H](N)C(=O)C[C@@H](Cc1ccccc1)C(=O)OCc1ccccc1. The van der Waals surface area contributed by atoms with Crippen molar-refractivity contribution >= 4 is 11.8 Å². The third kappa shape index (κ3) is 7.35. The predicted molar refractivity (Wildman–Crippen MR) is 107 cm³/mol. The number of esters is 1. The van der Waals surface area contributed by atoms with Crippen LogP contribution in [0.5, 0.6) is 0 Å². The Hall–Kier alpha value is -2.46. The van der Waals surface area contributed by atoms with Crippen LogP contribution in [0.15, 0.2) is 60.7 Å². The summed E-state index contributed by atoms with van der Waals surface area (Å²) in [6.45, 7) is 4.27. The molecule has 0 heterocycles. The lowest BCUT2D eigenvalue weighted by Crippen LogP contribution is -2.35. The molecule has 0 amide bonds. The van der Waals surface area contributed by atoms with Gasteiger partial charge < -0.3 is 10.5 Å². The highest BCUT2D eigenvalue weighted by Crippen LogP contribution is 2.18. The number of carbonyl (C=O) groups excluding carboxylic acids is 2. The highest BCUT2D eigenvalue weighted by atomic mass is 16.5. The van der Waals surface area contributed by atoms with Crippen LogP contribution >= 0.6 is 0 Å². The van der Waals surface area contributed by atoms with E-state index in [4.69, 9.17) is 10.5 Å². The molecule has 0 radical (unpaired) electrons. The largest absolute Gasteiger partial charge is 0.461 e. The smallest absolute Gasteiger partial charge is 0.310 e. The minimum atomic E-state index is -0.537. The number of carbonyl (C=O) groups is 2. The first-order chi connectivity index (χ1) is 13.0. The zero-order chi connectivity index (χ0) is 19.6. The zero-order valence-corrected chi connectivity index (χ0v) is 16.1. The van der Waals surface area contributed by atoms with Gasteiger partial charge in [0.15, 0.2) is 0 Å². The lowest BCUT2D eigenvalue weighted by molar-refractivity contribution is -0.151. The molecule has 144 valence electrons. The second kappa shape index (κ2) is 10.6. The fourth-order valence-electron chi connectivity index (χ4n) is 3.02. The molecule has 0 fully saturated rings. The maximum atomic E-state index is 12.7. The molecule has 2 aromatic carbocycles. The van der Waals surface area contributed by atoms with Crippen LogP contribution in [-0.2, 0) is 27.4 Å². The summed E-state index contributed by atoms with van der Waals surface area (Å²) in [5.74, 6) is -0.627. The van der Waals surface area contributed by atoms with Crippen molar-refractivity contribution in [3.8, 4) is 0 Å². The van der Waals surface area contributed by atoms with Crippen molar-refractivity contribution in [2.75, 3.05) is 0 Å². The molecule has 0 bridgehead atoms. The van der Waals surface area contributed by atoms with E-state index in [0.717, 1.165) is 11.1 Å². The number of benzene rings is 2. The van der Waals surface area contributed by atoms with E-state index in [0.29, 0.717) is 18.8 Å². The van der Waals surface area contributed by atoms with Crippen molar-refractivity contribution in [2.45, 2.75) is 45.8 Å². The van der Waals surface area contributed by atoms with Gasteiger partial charge in [0, 0.05) is 6.42 Å². The van der Waals surface area contributed by atoms with Gasteiger partial charge in [-0.3, -0.25) is 9.59 Å². The van der Waals surface area contributed by atoms with Gasteiger partial charge in [0.2, 0.25) is 0 Å². The van der Waals surface area contributed by atoms with E-state index in [1.807, 2.05) is 74.5 Å². The Balaban J connectivity index is 2.03. The molecule has 2 N–H and O–H groups in total. The average molecular weight is 367 g/mol. The first-order valence-corrected chi connectivity index (χ1v) is 9.48. The fourth-order valence-corrected chi connectivity index (χ4v) is 3.02. The Bertz CT molecular complexity index is 713. The van der Waals surface area contributed by atoms with E-state index < -0.39 is 12.0 Å². The standard InChI is InChI=1S/C23H29NO3/c1-17(2)13-21(24)22(25)15-20(14-18-9-5-3-6-10-18)23(26)27-16-19-11-7-4-8-12-19/h3-12,17,20-21H,13-16,24H2,1-2H3/t20-,21+/m1/s1. The van der Waals surface area contributed by atoms with Crippen LogP contribution < -0.4 is 5.73 Å². The van der Waals surface area contributed by atoms with Crippen LogP contribution in [0.25, 0.3) is 0 Å². The summed E-state index contributed by atoms with van der Waals surface area (Å²) in [6, 6.07) is 18.7. The van der Waals surface area contributed by atoms with Crippen molar-refractivity contribution in [3.63, 3.8) is 0 Å². The number of hydrogen-bond acceptors (Lipinski definition) is 4. The summed E-state index contributed by atoms with van der Waals surface area (Å²) in [5, 5.41) is 0. The van der Waals surface area contributed by atoms with E-state index in [-0.39, 0.29) is 24.8 Å². The lowest BCUT2D eigenvalue weighted by Gasteiger charge is -2.19. The van der Waals surface area contributed by atoms with E-state index >= 15 is 0 Å². The number of hydrogen-bond donors (Lipinski definition) is 1. The van der Waals surface area contributed by atoms with Gasteiger partial charge in [-0.05, 0) is 29.9 Å². The topological polar surface area (TPSA) is 69.4 Å². The summed E-state index contributed by atoms with van der Waals surface area (Å²) in [4.78, 5) is 25.2. The maximum Gasteiger partial charge on any atom is 0.310 e. The molecule has 27 heavy (non-hydrogen) atoms. The number of ether oxygens (including phenoxy) is 1. The van der Waals surface area contributed by atoms with Crippen molar-refractivity contribution in [1.29, 1.82) is 0 Å². The van der Waals surface area contributed by atoms with Gasteiger partial charge >= 0.3 is 5.97 Å². The maximum absolute atomic E-state index is 12.7. The Kier molecular flexibility index (Phi) is 8.21. The number of nitrogens with two attached hydrogens (primary N) is 1. The highest BCUT2D eigenvalue weighted by Gasteiger charge is 2.26. The van der Waals surface area contributed by atoms with Crippen LogP contribution in [0.2, 0.25) is 0 Å². The minimum absolute atomic E-state index is 0.0821. The summed E-state index contributed by atoms with van der Waals surface area (Å²) >= 11 is 0. The van der Waals surface area contributed by atoms with Gasteiger partial charge in [-0.1, -0.05) is 74.5 Å². The van der Waals surface area contributed by atoms with Gasteiger partial charge in [0.25, 0.3) is 0 Å². The molecule has 0 aromatic heterocycles. The van der Waals surface area contributed by atoms with Crippen LogP contribution in [0, 0.1) is 11.8 Å². The molecule has 0 saturated heterocycles. The molecule has 0 unspecified atom stereocenters. The van der Waals surface area contributed by atoms with Gasteiger partial charge in [0.1, 0.15) is 12.4 Å². The summed E-state index contributed by atoms with van der Waals surface area (Å²) in [6.07, 6.45) is 1.20. The first kappa shape index (κ1) is 20.8. The second-order valence-electron chi connectivity index (χ2n) is 7.39. The molecule has 0 spiro atoms. The van der Waals surface area contributed by atoms with E-state index in [9.17, 15) is 9.59 Å². The fraction of sp³-hybridized carbons (Fsp3) is 0.391. The van der Waals surface area contributed by atoms with Crippen molar-refractivity contribution < 1.29 is 14.3 Å². The monoisotopic (exact) mass is 367 g/mol. The van der Waals surface area contributed by atoms with Crippen LogP contribution in [0.4, 0.5) is 0 Å². The third-order valence-corrected chi connectivity index (χ3v) is 4.47. The molecule has 4 heteroatoms. The summed E-state index contributed by atoms with van der Waals surface area (Å²) in [7, 11) is 0. The quantitative estimate of drug-likeness (QED) is 0.646. The normalized spacial score (nSPS) is 13.2. The molecule has 0 saturated carbocycles. The third-order valence-electron chi connectivity index (χ3n) is 4.47. The van der Waals surface area contributed by atoms with Crippen LogP contribution in [0.3, 0.4) is 0 Å². The molecule has 4 nitrogen and oxygen atoms in total. The molecule has 2 aromatic rings. The summed E-state index contributed by atoms with van der Waals surface area (Å²) < 4.78 is 5.49. The first-order valence-electron chi connectivity index (χ1n) is 9.48. The molecular weight excluding hydrogens is 338 g/mol. The molecule has 0 aliphatic carbocycles. The Morgan fingerprint density at radius 3 is 2.04 bits per heavy atom. The van der Waals surface area contributed by atoms with Gasteiger partial charge in [0.05, 0.1) is 12.0 Å². The van der Waals surface area contributed by atoms with Crippen LogP contribution in [-0.4, -0.2) is 17.8 Å². The van der Waals surface area contributed by atoms with Crippen molar-refractivity contribution in [3.05, 3.63) is 71.8 Å². The number of rotatable bonds is 10. The second-order valence-corrected chi connectivity index (χ2v) is 7.39. The lowest BCUT2D eigenvalue weighted by atomic mass is 9.90. The minimum Gasteiger partial charge on any atom is -0.461 e. The summed E-state index contributed by atoms with van der Waals surface area (Å²) in [5.41, 5.74) is 7.95. The Labute approximate surface area is 161 Å². The number of ketones is 1. The van der Waals surface area contributed by atoms with E-state index in [1.54, 1.807) is 0 Å².